The predicted octanol–water partition coefficient (Wildman–Crippen LogP) is 6.69. The molecule has 2 aromatic heterocycles. The van der Waals surface area contributed by atoms with Gasteiger partial charge < -0.3 is 40.4 Å². The fourth-order valence-electron chi connectivity index (χ4n) is 7.58. The molecule has 4 N–H and O–H groups in total. The van der Waals surface area contributed by atoms with Gasteiger partial charge in [0.25, 0.3) is 5.91 Å². The lowest BCUT2D eigenvalue weighted by molar-refractivity contribution is -0.137. The molecule has 59 heavy (non-hydrogen) atoms. The van der Waals surface area contributed by atoms with E-state index in [0.29, 0.717) is 61.6 Å². The highest BCUT2D eigenvalue weighted by atomic mass is 19.4. The zero-order chi connectivity index (χ0) is 42.8. The number of rotatable bonds is 9. The molecule has 2 saturated heterocycles. The molecule has 0 bridgehead atoms. The van der Waals surface area contributed by atoms with E-state index in [2.05, 4.69) is 30.9 Å². The average molecular weight is 822 g/mol. The van der Waals surface area contributed by atoms with Crippen LogP contribution in [-0.4, -0.2) is 101 Å². The van der Waals surface area contributed by atoms with E-state index in [1.807, 2.05) is 32.6 Å². The fraction of sp³-hybridized carbons (Fsp3) is 0.415. The molecule has 2 aromatic carbocycles. The summed E-state index contributed by atoms with van der Waals surface area (Å²) >= 11 is 0. The number of anilines is 2. The van der Waals surface area contributed by atoms with Crippen molar-refractivity contribution in [3.8, 4) is 22.4 Å². The lowest BCUT2D eigenvalue weighted by Crippen LogP contribution is -2.55. The SMILES string of the molecule is CNC(=O)N1CCN(c2ccc(C(=O)Nc3cc(C(F)(F)F)c(-c4ccc(-c5cnc(C6CC(C)CN6C(=O)C(NC(=O)OC)C(C)C)[nH]5)cc4)cc3F)cn2)C(C)C1. The molecule has 2 fully saturated rings. The van der Waals surface area contributed by atoms with Crippen molar-refractivity contribution in [2.45, 2.75) is 58.4 Å². The van der Waals surface area contributed by atoms with E-state index < -0.39 is 52.9 Å². The van der Waals surface area contributed by atoms with Crippen LogP contribution in [0.4, 0.5) is 38.7 Å². The standard InChI is InChI=1S/C41H47F4N9O5/c1-22(2)35(51-40(58)59-6)38(56)54-20-23(3)15-33(54)36-48-19-32(49-36)26-9-7-25(8-10-26)28-16-30(42)31(17-29(28)41(43,44)45)50-37(55)27-11-12-34(47-18-27)53-14-13-52(21-24(53)4)39(57)46-5/h7-12,16-19,22-24,33,35H,13-15,20-21H2,1-6H3,(H,46,57)(H,48,49)(H,50,55)(H,51,58). The Kier molecular flexibility index (Phi) is 12.5. The highest BCUT2D eigenvalue weighted by molar-refractivity contribution is 6.04. The molecule has 0 radical (unpaired) electrons. The molecule has 0 spiro atoms. The van der Waals surface area contributed by atoms with Gasteiger partial charge in [-0.2, -0.15) is 13.2 Å². The zero-order valence-electron chi connectivity index (χ0n) is 33.5. The predicted molar refractivity (Wildman–Crippen MR) is 212 cm³/mol. The number of likely N-dealkylation sites (tertiary alicyclic amines) is 1. The quantitative estimate of drug-likeness (QED) is 0.136. The van der Waals surface area contributed by atoms with Crippen molar-refractivity contribution < 1.29 is 41.5 Å². The first-order valence-corrected chi connectivity index (χ1v) is 19.2. The van der Waals surface area contributed by atoms with Gasteiger partial charge in [-0.3, -0.25) is 9.59 Å². The summed E-state index contributed by atoms with van der Waals surface area (Å²) in [5.41, 5.74) is -0.986. The molecule has 14 nitrogen and oxygen atoms in total. The van der Waals surface area contributed by atoms with Crippen LogP contribution >= 0.6 is 0 Å². The van der Waals surface area contributed by atoms with Gasteiger partial charge in [-0.05, 0) is 66.1 Å². The molecule has 18 heteroatoms. The van der Waals surface area contributed by atoms with E-state index in [0.717, 1.165) is 6.07 Å². The van der Waals surface area contributed by atoms with E-state index >= 15 is 4.39 Å². The molecule has 4 aromatic rings. The number of ether oxygens (including phenoxy) is 1. The molecule has 4 atom stereocenters. The number of aromatic amines is 1. The van der Waals surface area contributed by atoms with Crippen molar-refractivity contribution in [1.29, 1.82) is 0 Å². The number of H-pyrrole nitrogens is 1. The third-order valence-electron chi connectivity index (χ3n) is 10.7. The van der Waals surface area contributed by atoms with E-state index in [1.54, 1.807) is 41.2 Å². The van der Waals surface area contributed by atoms with Gasteiger partial charge in [-0.1, -0.05) is 45.0 Å². The topological polar surface area (TPSA) is 165 Å². The third-order valence-corrected chi connectivity index (χ3v) is 10.7. The molecular weight excluding hydrogens is 775 g/mol. The van der Waals surface area contributed by atoms with Crippen LogP contribution in [0.3, 0.4) is 0 Å². The largest absolute Gasteiger partial charge is 0.453 e. The first-order valence-electron chi connectivity index (χ1n) is 19.2. The minimum Gasteiger partial charge on any atom is -0.453 e. The van der Waals surface area contributed by atoms with Crippen molar-refractivity contribution >= 4 is 35.4 Å². The molecule has 0 aliphatic carbocycles. The van der Waals surface area contributed by atoms with Crippen LogP contribution in [0.25, 0.3) is 22.4 Å². The fourth-order valence-corrected chi connectivity index (χ4v) is 7.58. The number of nitrogens with one attached hydrogen (secondary N) is 4. The Hall–Kier alpha value is -6.20. The second kappa shape index (κ2) is 17.3. The summed E-state index contributed by atoms with van der Waals surface area (Å²) in [5, 5.41) is 7.49. The normalized spacial score (nSPS) is 18.8. The average Bonchev–Trinajstić information content (AvgIpc) is 3.86. The summed E-state index contributed by atoms with van der Waals surface area (Å²) in [4.78, 5) is 68.2. The highest BCUT2D eigenvalue weighted by Crippen LogP contribution is 2.41. The number of carbonyl (C=O) groups excluding carboxylic acids is 4. The van der Waals surface area contributed by atoms with Gasteiger partial charge in [0, 0.05) is 45.5 Å². The lowest BCUT2D eigenvalue weighted by Gasteiger charge is -2.40. The number of nitrogens with zero attached hydrogens (tertiary/aromatic N) is 5. The van der Waals surface area contributed by atoms with Crippen molar-refractivity contribution in [2.75, 3.05) is 50.6 Å². The number of halogens is 4. The minimum atomic E-state index is -4.90. The molecule has 6 rings (SSSR count). The second-order valence-electron chi connectivity index (χ2n) is 15.2. The Bertz CT molecular complexity index is 2180. The molecule has 4 heterocycles. The van der Waals surface area contributed by atoms with Crippen LogP contribution in [0.2, 0.25) is 0 Å². The van der Waals surface area contributed by atoms with Gasteiger partial charge in [0.05, 0.1) is 41.9 Å². The number of pyridine rings is 1. The number of aromatic nitrogens is 3. The third kappa shape index (κ3) is 9.26. The maximum absolute atomic E-state index is 15.5. The van der Waals surface area contributed by atoms with E-state index in [4.69, 9.17) is 4.74 Å². The smallest absolute Gasteiger partial charge is 0.417 e. The first-order chi connectivity index (χ1) is 28.0. The number of alkyl halides is 3. The monoisotopic (exact) mass is 821 g/mol. The van der Waals surface area contributed by atoms with Crippen LogP contribution in [0, 0.1) is 17.7 Å². The highest BCUT2D eigenvalue weighted by Gasteiger charge is 2.40. The van der Waals surface area contributed by atoms with Crippen molar-refractivity contribution in [2.24, 2.45) is 11.8 Å². The minimum absolute atomic E-state index is 0.0112. The van der Waals surface area contributed by atoms with Gasteiger partial charge in [0.1, 0.15) is 23.5 Å². The molecular formula is C41H47F4N9O5. The van der Waals surface area contributed by atoms with E-state index in [9.17, 15) is 32.3 Å². The van der Waals surface area contributed by atoms with Crippen molar-refractivity contribution in [3.05, 3.63) is 83.7 Å². The number of piperazine rings is 1. The number of amides is 5. The van der Waals surface area contributed by atoms with Gasteiger partial charge in [0.2, 0.25) is 5.91 Å². The van der Waals surface area contributed by atoms with Crippen LogP contribution < -0.4 is 20.9 Å². The Morgan fingerprint density at radius 1 is 0.949 bits per heavy atom. The second-order valence-corrected chi connectivity index (χ2v) is 15.2. The number of urea groups is 1. The summed E-state index contributed by atoms with van der Waals surface area (Å²) in [6.07, 6.45) is -2.16. The van der Waals surface area contributed by atoms with Crippen molar-refractivity contribution in [1.82, 2.24) is 35.4 Å². The van der Waals surface area contributed by atoms with Crippen LogP contribution in [-0.2, 0) is 15.7 Å². The Morgan fingerprint density at radius 3 is 2.27 bits per heavy atom. The summed E-state index contributed by atoms with van der Waals surface area (Å²) in [5.74, 6) is -1.19. The maximum atomic E-state index is 15.5. The molecule has 5 amide bonds. The Morgan fingerprint density at radius 2 is 1.66 bits per heavy atom. The number of benzene rings is 2. The van der Waals surface area contributed by atoms with Gasteiger partial charge in [0.15, 0.2) is 0 Å². The van der Waals surface area contributed by atoms with Gasteiger partial charge in [-0.25, -0.2) is 23.9 Å². The molecule has 2 aliphatic heterocycles. The summed E-state index contributed by atoms with van der Waals surface area (Å²) in [6, 6.07) is 8.91. The number of hydrogen-bond acceptors (Lipinski definition) is 8. The number of methoxy groups -OCH3 is 1. The van der Waals surface area contributed by atoms with E-state index in [-0.39, 0.29) is 40.9 Å². The summed E-state index contributed by atoms with van der Waals surface area (Å²) < 4.78 is 63.7. The lowest BCUT2D eigenvalue weighted by atomic mass is 9.96. The first kappa shape index (κ1) is 42.4. The number of imidazole rings is 1. The molecule has 314 valence electrons. The van der Waals surface area contributed by atoms with Crippen LogP contribution in [0.15, 0.2) is 60.9 Å². The molecule has 2 aliphatic rings. The maximum Gasteiger partial charge on any atom is 0.417 e. The number of alkyl carbamates (subject to hydrolysis) is 1. The van der Waals surface area contributed by atoms with Crippen molar-refractivity contribution in [3.63, 3.8) is 0 Å². The van der Waals surface area contributed by atoms with Crippen LogP contribution in [0.5, 0.6) is 0 Å². The summed E-state index contributed by atoms with van der Waals surface area (Å²) in [7, 11) is 2.78. The zero-order valence-corrected chi connectivity index (χ0v) is 33.5. The Balaban J connectivity index is 1.17. The number of carbonyl (C=O) groups is 4. The summed E-state index contributed by atoms with van der Waals surface area (Å²) in [6.45, 7) is 9.45. The molecule has 0 saturated carbocycles. The van der Waals surface area contributed by atoms with Gasteiger partial charge >= 0.3 is 18.3 Å². The Labute approximate surface area is 338 Å². The van der Waals surface area contributed by atoms with Crippen LogP contribution in [0.1, 0.15) is 61.9 Å². The number of hydrogen-bond donors (Lipinski definition) is 4. The van der Waals surface area contributed by atoms with E-state index in [1.165, 1.54) is 31.5 Å². The van der Waals surface area contributed by atoms with Gasteiger partial charge in [-0.15, -0.1) is 0 Å². The molecule has 4 unspecified atom stereocenters.